The average Bonchev–Trinajstić information content (AvgIpc) is 2.86. The maximum Gasteiger partial charge on any atom is 0.267 e. The minimum atomic E-state index is -3.51. The molecule has 1 aromatic heterocycles. The molecule has 1 aromatic carbocycles. The molecule has 2 aliphatic heterocycles. The van der Waals surface area contributed by atoms with E-state index in [4.69, 9.17) is 0 Å². The van der Waals surface area contributed by atoms with Crippen LogP contribution in [-0.4, -0.2) is 78.7 Å². The highest BCUT2D eigenvalue weighted by Crippen LogP contribution is 2.15. The molecule has 0 radical (unpaired) electrons. The van der Waals surface area contributed by atoms with Crippen LogP contribution in [0.25, 0.3) is 0 Å². The molecule has 0 atom stereocenters. The van der Waals surface area contributed by atoms with Crippen LogP contribution >= 0.6 is 0 Å². The van der Waals surface area contributed by atoms with Crippen LogP contribution in [0, 0.1) is 0 Å². The summed E-state index contributed by atoms with van der Waals surface area (Å²) in [7, 11) is -3.51. The van der Waals surface area contributed by atoms with Crippen LogP contribution < -0.4 is 10.2 Å². The van der Waals surface area contributed by atoms with Gasteiger partial charge in [0.05, 0.1) is 12.3 Å². The number of pyridine rings is 1. The summed E-state index contributed by atoms with van der Waals surface area (Å²) < 4.78 is 26.9. The van der Waals surface area contributed by atoms with Crippen LogP contribution in [-0.2, 0) is 26.2 Å². The van der Waals surface area contributed by atoms with E-state index in [1.54, 1.807) is 6.20 Å². The first-order chi connectivity index (χ1) is 16.4. The lowest BCUT2D eigenvalue weighted by Crippen LogP contribution is -2.50. The molecule has 0 spiro atoms. The van der Waals surface area contributed by atoms with E-state index < -0.39 is 15.9 Å². The standard InChI is InChI=1S/C23H28N6O4S/c30-22-10-9-20(26-29(22)18-19-6-2-1-3-7-19)23(31)25-12-17-34(32,33)28-15-13-27(14-16-28)21-8-4-5-11-24-21/h1-8,11H,9-10,12-18H2,(H,25,31). The van der Waals surface area contributed by atoms with Crippen molar-refractivity contribution in [3.8, 4) is 0 Å². The van der Waals surface area contributed by atoms with Crippen LogP contribution in [0.3, 0.4) is 0 Å². The molecule has 180 valence electrons. The molecule has 3 heterocycles. The van der Waals surface area contributed by atoms with Gasteiger partial charge in [-0.2, -0.15) is 9.41 Å². The van der Waals surface area contributed by atoms with Gasteiger partial charge in [0.25, 0.3) is 5.91 Å². The van der Waals surface area contributed by atoms with E-state index in [0.717, 1.165) is 11.4 Å². The molecule has 0 saturated carbocycles. The highest BCUT2D eigenvalue weighted by atomic mass is 32.2. The van der Waals surface area contributed by atoms with Crippen molar-refractivity contribution in [1.29, 1.82) is 0 Å². The number of aromatic nitrogens is 1. The molecule has 1 fully saturated rings. The third kappa shape index (κ3) is 5.97. The summed E-state index contributed by atoms with van der Waals surface area (Å²) in [5.74, 6) is 0.0517. The van der Waals surface area contributed by atoms with Crippen molar-refractivity contribution < 1.29 is 18.0 Å². The maximum atomic E-state index is 12.7. The number of piperazine rings is 1. The number of benzene rings is 1. The van der Waals surface area contributed by atoms with Gasteiger partial charge in [-0.15, -0.1) is 0 Å². The number of anilines is 1. The zero-order valence-corrected chi connectivity index (χ0v) is 19.7. The van der Waals surface area contributed by atoms with Gasteiger partial charge in [-0.05, 0) is 17.7 Å². The summed E-state index contributed by atoms with van der Waals surface area (Å²) in [6, 6.07) is 15.1. The summed E-state index contributed by atoms with van der Waals surface area (Å²) in [6.45, 7) is 2.13. The Morgan fingerprint density at radius 1 is 0.971 bits per heavy atom. The van der Waals surface area contributed by atoms with E-state index in [0.29, 0.717) is 26.2 Å². The highest BCUT2D eigenvalue weighted by molar-refractivity contribution is 7.89. The van der Waals surface area contributed by atoms with Gasteiger partial charge in [0.1, 0.15) is 11.5 Å². The first kappa shape index (κ1) is 23.8. The summed E-state index contributed by atoms with van der Waals surface area (Å²) in [4.78, 5) is 31.1. The summed E-state index contributed by atoms with van der Waals surface area (Å²) >= 11 is 0. The number of carbonyl (C=O) groups is 2. The molecule has 0 aliphatic carbocycles. The fourth-order valence-corrected chi connectivity index (χ4v) is 5.24. The van der Waals surface area contributed by atoms with Gasteiger partial charge >= 0.3 is 0 Å². The van der Waals surface area contributed by atoms with Crippen LogP contribution in [0.4, 0.5) is 5.82 Å². The number of hydrazone groups is 1. The van der Waals surface area contributed by atoms with Gasteiger partial charge in [0, 0.05) is 51.8 Å². The van der Waals surface area contributed by atoms with Crippen molar-refractivity contribution in [2.45, 2.75) is 19.4 Å². The Morgan fingerprint density at radius 3 is 2.41 bits per heavy atom. The Morgan fingerprint density at radius 2 is 1.71 bits per heavy atom. The number of rotatable bonds is 8. The minimum absolute atomic E-state index is 0.0206. The summed E-state index contributed by atoms with van der Waals surface area (Å²) in [6.07, 6.45) is 2.14. The monoisotopic (exact) mass is 484 g/mol. The number of hydrogen-bond acceptors (Lipinski definition) is 7. The van der Waals surface area contributed by atoms with Gasteiger partial charge < -0.3 is 10.2 Å². The zero-order valence-electron chi connectivity index (χ0n) is 18.8. The highest BCUT2D eigenvalue weighted by Gasteiger charge is 2.28. The number of carbonyl (C=O) groups excluding carboxylic acids is 2. The molecule has 1 saturated heterocycles. The van der Waals surface area contributed by atoms with E-state index in [1.165, 1.54) is 9.31 Å². The molecular weight excluding hydrogens is 456 g/mol. The van der Waals surface area contributed by atoms with Crippen LogP contribution in [0.1, 0.15) is 18.4 Å². The SMILES string of the molecule is O=C(NCCS(=O)(=O)N1CCN(c2ccccn2)CC1)C1=NN(Cc2ccccc2)C(=O)CC1. The fourth-order valence-electron chi connectivity index (χ4n) is 3.91. The Balaban J connectivity index is 1.26. The molecule has 11 heteroatoms. The van der Waals surface area contributed by atoms with Crippen molar-refractivity contribution >= 4 is 33.4 Å². The largest absolute Gasteiger partial charge is 0.354 e. The molecule has 2 aliphatic rings. The van der Waals surface area contributed by atoms with E-state index in [-0.39, 0.29) is 43.3 Å². The molecule has 4 rings (SSSR count). The number of hydrogen-bond donors (Lipinski definition) is 1. The quantitative estimate of drug-likeness (QED) is 0.594. The number of nitrogens with zero attached hydrogens (tertiary/aromatic N) is 5. The second-order valence-electron chi connectivity index (χ2n) is 8.13. The van der Waals surface area contributed by atoms with Crippen molar-refractivity contribution in [2.24, 2.45) is 5.10 Å². The normalized spacial score (nSPS) is 17.4. The predicted molar refractivity (Wildman–Crippen MR) is 128 cm³/mol. The first-order valence-electron chi connectivity index (χ1n) is 11.3. The van der Waals surface area contributed by atoms with Gasteiger partial charge in [-0.3, -0.25) is 9.59 Å². The van der Waals surface area contributed by atoms with Crippen LogP contribution in [0.2, 0.25) is 0 Å². The topological polar surface area (TPSA) is 115 Å². The van der Waals surface area contributed by atoms with Gasteiger partial charge in [0.15, 0.2) is 0 Å². The van der Waals surface area contributed by atoms with Crippen LogP contribution in [0.5, 0.6) is 0 Å². The van der Waals surface area contributed by atoms with Crippen molar-refractivity contribution in [3.63, 3.8) is 0 Å². The van der Waals surface area contributed by atoms with E-state index in [9.17, 15) is 18.0 Å². The van der Waals surface area contributed by atoms with Gasteiger partial charge in [0.2, 0.25) is 15.9 Å². The second-order valence-corrected chi connectivity index (χ2v) is 10.2. The first-order valence-corrected chi connectivity index (χ1v) is 12.9. The lowest BCUT2D eigenvalue weighted by molar-refractivity contribution is -0.132. The maximum absolute atomic E-state index is 12.7. The zero-order chi connectivity index (χ0) is 24.0. The van der Waals surface area contributed by atoms with Gasteiger partial charge in [-0.25, -0.2) is 18.4 Å². The third-order valence-corrected chi connectivity index (χ3v) is 7.67. The van der Waals surface area contributed by atoms with Crippen molar-refractivity contribution in [3.05, 3.63) is 60.3 Å². The Kier molecular flexibility index (Phi) is 7.53. The van der Waals surface area contributed by atoms with E-state index >= 15 is 0 Å². The Bertz CT molecular complexity index is 1130. The van der Waals surface area contributed by atoms with E-state index in [1.807, 2.05) is 48.5 Å². The molecule has 0 bridgehead atoms. The van der Waals surface area contributed by atoms with Gasteiger partial charge in [-0.1, -0.05) is 36.4 Å². The lowest BCUT2D eigenvalue weighted by atomic mass is 10.1. The third-order valence-electron chi connectivity index (χ3n) is 5.79. The van der Waals surface area contributed by atoms with Crippen molar-refractivity contribution in [2.75, 3.05) is 43.4 Å². The molecule has 0 unspecified atom stereocenters. The number of sulfonamides is 1. The smallest absolute Gasteiger partial charge is 0.267 e. The molecule has 1 N–H and O–H groups in total. The van der Waals surface area contributed by atoms with E-state index in [2.05, 4.69) is 20.3 Å². The van der Waals surface area contributed by atoms with Crippen molar-refractivity contribution in [1.82, 2.24) is 19.6 Å². The molecule has 2 amide bonds. The Labute approximate surface area is 199 Å². The average molecular weight is 485 g/mol. The van der Waals surface area contributed by atoms with Crippen LogP contribution in [0.15, 0.2) is 59.8 Å². The molecule has 34 heavy (non-hydrogen) atoms. The number of nitrogens with one attached hydrogen (secondary N) is 1. The summed E-state index contributed by atoms with van der Waals surface area (Å²) in [5, 5.41) is 8.16. The Hall–Kier alpha value is -3.31. The molecular formula is C23H28N6O4S. The predicted octanol–water partition coefficient (Wildman–Crippen LogP) is 0.828. The fraction of sp³-hybridized carbons (Fsp3) is 0.391. The number of amides is 2. The minimum Gasteiger partial charge on any atom is -0.354 e. The lowest BCUT2D eigenvalue weighted by Gasteiger charge is -2.34. The second kappa shape index (κ2) is 10.7. The summed E-state index contributed by atoms with van der Waals surface area (Å²) in [5.41, 5.74) is 1.15. The molecule has 10 nitrogen and oxygen atoms in total. The molecule has 2 aromatic rings.